The molecule has 1 amide bonds. The number of carbonyl (C=O) groups excluding carboxylic acids is 2. The number of carbonyl (C=O) groups is 2. The van der Waals surface area contributed by atoms with Gasteiger partial charge in [0.2, 0.25) is 0 Å². The number of hydrogen-bond acceptors (Lipinski definition) is 4. The number of rotatable bonds is 11. The molecule has 190 valence electrons. The van der Waals surface area contributed by atoms with Crippen LogP contribution in [-0.4, -0.2) is 42.8 Å². The summed E-state index contributed by atoms with van der Waals surface area (Å²) in [5.74, 6) is -0.259. The third-order valence-electron chi connectivity index (χ3n) is 6.16. The molecule has 0 aliphatic rings. The van der Waals surface area contributed by atoms with Crippen molar-refractivity contribution in [1.29, 1.82) is 0 Å². The third-order valence-corrected chi connectivity index (χ3v) is 17.4. The first-order valence-electron chi connectivity index (χ1n) is 12.7. The summed E-state index contributed by atoms with van der Waals surface area (Å²) in [6, 6.07) is 28.7. The topological polar surface area (TPSA) is 81.4 Å². The van der Waals surface area contributed by atoms with Crippen LogP contribution in [0.15, 0.2) is 91.0 Å². The van der Waals surface area contributed by atoms with Crippen molar-refractivity contribution in [2.75, 3.05) is 0 Å². The summed E-state index contributed by atoms with van der Waals surface area (Å²) in [6.07, 6.45) is 1.02. The van der Waals surface area contributed by atoms with Crippen LogP contribution in [0.4, 0.5) is 0 Å². The van der Waals surface area contributed by atoms with E-state index in [4.69, 9.17) is 8.81 Å². The van der Waals surface area contributed by atoms with Crippen LogP contribution >= 0.6 is 0 Å². The molecular weight excluding hydrogens is 555 g/mol. The number of nitrogens with one attached hydrogen (secondary N) is 1. The Bertz CT molecular complexity index is 1010. The Hall–Kier alpha value is -2.64. The number of benzene rings is 3. The number of amides is 1. The molecule has 3 N–H and O–H groups in total. The van der Waals surface area contributed by atoms with Crippen molar-refractivity contribution in [2.45, 2.75) is 52.6 Å². The van der Waals surface area contributed by atoms with Crippen molar-refractivity contribution in [2.24, 2.45) is 17.6 Å². The fourth-order valence-electron chi connectivity index (χ4n) is 4.50. The van der Waals surface area contributed by atoms with E-state index in [0.29, 0.717) is 12.8 Å². The van der Waals surface area contributed by atoms with Crippen LogP contribution in [0.5, 0.6) is 0 Å². The second kappa shape index (κ2) is 13.1. The van der Waals surface area contributed by atoms with E-state index < -0.39 is 36.8 Å². The van der Waals surface area contributed by atoms with Gasteiger partial charge in [0.05, 0.1) is 0 Å². The van der Waals surface area contributed by atoms with Crippen molar-refractivity contribution in [3.8, 4) is 0 Å². The molecule has 3 aromatic rings. The first-order chi connectivity index (χ1) is 17.2. The van der Waals surface area contributed by atoms with Gasteiger partial charge in [0.25, 0.3) is 0 Å². The summed E-state index contributed by atoms with van der Waals surface area (Å²) >= 11 is -4.28. The van der Waals surface area contributed by atoms with Crippen LogP contribution in [0.1, 0.15) is 40.5 Å². The molecule has 0 radical (unpaired) electrons. The van der Waals surface area contributed by atoms with E-state index in [2.05, 4.69) is 41.7 Å². The SMILES string of the molecule is CC(C)C[C@H](NC(=O)[C@@H](N)CC(C)C)C(=O)[O][Sn]([c]1ccccc1)([c]1ccccc1)[c]1ccccc1. The molecule has 0 unspecified atom stereocenters. The van der Waals surface area contributed by atoms with Crippen LogP contribution in [0.2, 0.25) is 0 Å². The predicted molar refractivity (Wildman–Crippen MR) is 149 cm³/mol. The molecule has 3 aromatic carbocycles. The third kappa shape index (κ3) is 6.98. The molecule has 0 saturated heterocycles. The fourth-order valence-corrected chi connectivity index (χ4v) is 15.3. The quantitative estimate of drug-likeness (QED) is 0.335. The van der Waals surface area contributed by atoms with Gasteiger partial charge in [0.15, 0.2) is 0 Å². The summed E-state index contributed by atoms with van der Waals surface area (Å²) in [4.78, 5) is 26.9. The molecule has 0 heterocycles. The standard InChI is InChI=1S/C12H24N2O3.3C6H5.Sn/c1-7(2)5-9(13)11(15)14-10(12(16)17)6-8(3)4;3*1-2-4-6-5-3-1;/h7-10H,5-6,13H2,1-4H3,(H,14,15)(H,16,17);3*1-5H;/q;;;;+1/p-1/t9-,10-;;;;/m0..../s1. The predicted octanol–water partition coefficient (Wildman–Crippen LogP) is 3.10. The Labute approximate surface area is 219 Å². The molecule has 5 nitrogen and oxygen atoms in total. The van der Waals surface area contributed by atoms with Crippen LogP contribution in [0.3, 0.4) is 0 Å². The Morgan fingerprint density at radius 2 is 1.11 bits per heavy atom. The average Bonchev–Trinajstić information content (AvgIpc) is 2.87. The van der Waals surface area contributed by atoms with Gasteiger partial charge in [0.1, 0.15) is 0 Å². The Morgan fingerprint density at radius 1 is 0.722 bits per heavy atom. The van der Waals surface area contributed by atoms with Gasteiger partial charge >= 0.3 is 221 Å². The van der Waals surface area contributed by atoms with E-state index in [1.54, 1.807) is 0 Å². The zero-order chi connectivity index (χ0) is 26.1. The molecule has 0 aromatic heterocycles. The maximum atomic E-state index is 14.0. The van der Waals surface area contributed by atoms with Crippen LogP contribution < -0.4 is 21.8 Å². The van der Waals surface area contributed by atoms with Crippen LogP contribution in [0, 0.1) is 11.8 Å². The van der Waals surface area contributed by atoms with Gasteiger partial charge in [-0.05, 0) is 0 Å². The van der Waals surface area contributed by atoms with E-state index in [-0.39, 0.29) is 17.7 Å². The molecule has 3 rings (SSSR count). The first-order valence-corrected chi connectivity index (χ1v) is 18.1. The molecule has 0 bridgehead atoms. The molecular formula is C30H38N2O3Sn. The molecule has 2 atom stereocenters. The molecule has 0 aliphatic heterocycles. The number of hydrogen-bond donors (Lipinski definition) is 2. The summed E-state index contributed by atoms with van der Waals surface area (Å²) in [7, 11) is 0. The first kappa shape index (κ1) is 27.9. The van der Waals surface area contributed by atoms with Gasteiger partial charge in [-0.2, -0.15) is 0 Å². The van der Waals surface area contributed by atoms with Gasteiger partial charge in [0, 0.05) is 0 Å². The second-order valence-corrected chi connectivity index (χ2v) is 19.5. The molecule has 0 saturated carbocycles. The molecule has 0 fully saturated rings. The van der Waals surface area contributed by atoms with Gasteiger partial charge < -0.3 is 0 Å². The number of nitrogens with two attached hydrogens (primary N) is 1. The van der Waals surface area contributed by atoms with E-state index in [9.17, 15) is 9.59 Å². The Kier molecular flexibility index (Phi) is 10.1. The zero-order valence-corrected chi connectivity index (χ0v) is 24.5. The van der Waals surface area contributed by atoms with Gasteiger partial charge in [-0.1, -0.05) is 0 Å². The summed E-state index contributed by atoms with van der Waals surface area (Å²) in [5, 5.41) is 2.93. The van der Waals surface area contributed by atoms with Crippen molar-refractivity contribution in [3.63, 3.8) is 0 Å². The summed E-state index contributed by atoms with van der Waals surface area (Å²) in [6.45, 7) is 8.11. The molecule has 0 aliphatic carbocycles. The van der Waals surface area contributed by atoms with E-state index in [0.717, 1.165) is 10.7 Å². The minimum atomic E-state index is -4.28. The minimum absolute atomic E-state index is 0.180. The summed E-state index contributed by atoms with van der Waals surface area (Å²) < 4.78 is 9.83. The van der Waals surface area contributed by atoms with E-state index in [1.165, 1.54) is 0 Å². The summed E-state index contributed by atoms with van der Waals surface area (Å²) in [5.41, 5.74) is 6.15. The molecule has 0 spiro atoms. The van der Waals surface area contributed by atoms with Gasteiger partial charge in [-0.3, -0.25) is 0 Å². The van der Waals surface area contributed by atoms with Crippen molar-refractivity contribution in [1.82, 2.24) is 5.32 Å². The van der Waals surface area contributed by atoms with Gasteiger partial charge in [-0.15, -0.1) is 0 Å². The molecule has 36 heavy (non-hydrogen) atoms. The van der Waals surface area contributed by atoms with Crippen LogP contribution in [-0.2, 0) is 12.7 Å². The van der Waals surface area contributed by atoms with E-state index >= 15 is 0 Å². The average molecular weight is 593 g/mol. The second-order valence-electron chi connectivity index (χ2n) is 10.1. The Balaban J connectivity index is 2.07. The van der Waals surface area contributed by atoms with Crippen molar-refractivity contribution in [3.05, 3.63) is 91.0 Å². The Morgan fingerprint density at radius 3 is 1.47 bits per heavy atom. The fraction of sp³-hybridized carbons (Fsp3) is 0.333. The van der Waals surface area contributed by atoms with Crippen molar-refractivity contribution >= 4 is 41.4 Å². The normalized spacial score (nSPS) is 13.3. The van der Waals surface area contributed by atoms with Crippen LogP contribution in [0.25, 0.3) is 0 Å². The van der Waals surface area contributed by atoms with Crippen molar-refractivity contribution < 1.29 is 12.7 Å². The zero-order valence-electron chi connectivity index (χ0n) is 21.7. The van der Waals surface area contributed by atoms with E-state index in [1.807, 2.05) is 82.3 Å². The maximum absolute atomic E-state index is 14.0. The molecule has 6 heteroatoms. The van der Waals surface area contributed by atoms with Gasteiger partial charge in [-0.25, -0.2) is 0 Å². The monoisotopic (exact) mass is 594 g/mol.